The zero-order valence-electron chi connectivity index (χ0n) is 31.3. The number of carbonyl (C=O) groups excluding carboxylic acids is 5. The number of aromatic nitrogens is 3. The van der Waals surface area contributed by atoms with E-state index in [0.29, 0.717) is 17.2 Å². The average Bonchev–Trinajstić information content (AvgIpc) is 3.91. The molecule has 5 aliphatic rings. The number of benzene rings is 2. The number of primary amides is 1. The maximum absolute atomic E-state index is 13.9. The van der Waals surface area contributed by atoms with Crippen molar-refractivity contribution in [3.8, 4) is 5.75 Å². The number of carbonyl (C=O) groups is 5. The normalized spacial score (nSPS) is 23.3. The Bertz CT molecular complexity index is 2350. The Labute approximate surface area is 322 Å². The molecule has 2 aromatic carbocycles. The predicted octanol–water partition coefficient (Wildman–Crippen LogP) is 3.51. The van der Waals surface area contributed by atoms with Crippen molar-refractivity contribution in [1.29, 1.82) is 0 Å². The van der Waals surface area contributed by atoms with Crippen molar-refractivity contribution in [3.05, 3.63) is 81.9 Å². The third-order valence-electron chi connectivity index (χ3n) is 12.3. The van der Waals surface area contributed by atoms with Crippen LogP contribution in [0.3, 0.4) is 0 Å². The molecule has 9 rings (SSSR count). The molecule has 15 heteroatoms. The Morgan fingerprint density at radius 3 is 2.30 bits per heavy atom. The van der Waals surface area contributed by atoms with Crippen LogP contribution < -0.4 is 25.8 Å². The van der Waals surface area contributed by atoms with E-state index in [2.05, 4.69) is 9.80 Å². The van der Waals surface area contributed by atoms with E-state index in [1.54, 1.807) is 41.1 Å². The number of methoxy groups -OCH3 is 1. The van der Waals surface area contributed by atoms with Crippen LogP contribution in [0.2, 0.25) is 0 Å². The fraction of sp³-hybridized carbons (Fsp3) is 0.439. The van der Waals surface area contributed by atoms with Crippen LogP contribution in [0.1, 0.15) is 94.5 Å². The third kappa shape index (κ3) is 6.23. The highest BCUT2D eigenvalue weighted by atomic mass is 16.5. The first kappa shape index (κ1) is 35.8. The Balaban J connectivity index is 0.809. The number of piperazine rings is 1. The predicted molar refractivity (Wildman–Crippen MR) is 206 cm³/mol. The Hall–Kier alpha value is -5.83. The van der Waals surface area contributed by atoms with Crippen molar-refractivity contribution in [3.63, 3.8) is 0 Å². The minimum absolute atomic E-state index is 0.00879. The topological polar surface area (TPSA) is 173 Å². The number of imide groups is 2. The summed E-state index contributed by atoms with van der Waals surface area (Å²) < 4.78 is 8.93. The average molecular weight is 761 g/mol. The minimum atomic E-state index is -1.18. The Morgan fingerprint density at radius 2 is 1.59 bits per heavy atom. The van der Waals surface area contributed by atoms with Gasteiger partial charge in [0, 0.05) is 74.7 Å². The van der Waals surface area contributed by atoms with Gasteiger partial charge in [-0.1, -0.05) is 0 Å². The van der Waals surface area contributed by atoms with Crippen LogP contribution in [-0.2, 0) is 9.59 Å². The summed E-state index contributed by atoms with van der Waals surface area (Å²) in [6.45, 7) is 4.29. The minimum Gasteiger partial charge on any atom is -0.496 e. The van der Waals surface area contributed by atoms with Crippen LogP contribution in [0, 0.1) is 5.92 Å². The highest BCUT2D eigenvalue weighted by molar-refractivity contribution is 6.26. The van der Waals surface area contributed by atoms with E-state index >= 15 is 0 Å². The fourth-order valence-electron chi connectivity index (χ4n) is 9.06. The summed E-state index contributed by atoms with van der Waals surface area (Å²) in [5, 5.41) is 5.67. The zero-order valence-corrected chi connectivity index (χ0v) is 31.3. The highest BCUT2D eigenvalue weighted by Gasteiger charge is 2.48. The Kier molecular flexibility index (Phi) is 8.98. The second kappa shape index (κ2) is 14.0. The van der Waals surface area contributed by atoms with Crippen LogP contribution in [0.25, 0.3) is 10.9 Å². The van der Waals surface area contributed by atoms with Crippen LogP contribution in [0.4, 0.5) is 11.4 Å². The van der Waals surface area contributed by atoms with E-state index in [9.17, 15) is 28.8 Å². The molecule has 3 aliphatic heterocycles. The van der Waals surface area contributed by atoms with Crippen molar-refractivity contribution >= 4 is 51.8 Å². The van der Waals surface area contributed by atoms with Crippen LogP contribution in [-0.4, -0.2) is 99.6 Å². The lowest BCUT2D eigenvalue weighted by molar-refractivity contribution is -0.132. The molecule has 15 nitrogen and oxygen atoms in total. The number of nitrogens with zero attached hydrogens (tertiary/aromatic N) is 7. The molecule has 2 N–H and O–H groups in total. The number of hydrogen-bond acceptors (Lipinski definition) is 10. The van der Waals surface area contributed by atoms with Crippen molar-refractivity contribution in [1.82, 2.24) is 24.1 Å². The van der Waals surface area contributed by atoms with Gasteiger partial charge in [0.15, 0.2) is 0 Å². The monoisotopic (exact) mass is 760 g/mol. The molecule has 1 atom stereocenters. The maximum Gasteiger partial charge on any atom is 0.275 e. The number of pyridine rings is 1. The van der Waals surface area contributed by atoms with Gasteiger partial charge in [-0.05, 0) is 87.3 Å². The molecular weight excluding hydrogens is 716 g/mol. The van der Waals surface area contributed by atoms with Gasteiger partial charge < -0.3 is 19.9 Å². The van der Waals surface area contributed by atoms with Gasteiger partial charge >= 0.3 is 0 Å². The molecule has 2 aliphatic carbocycles. The van der Waals surface area contributed by atoms with Gasteiger partial charge in [-0.2, -0.15) is 5.10 Å². The lowest BCUT2D eigenvalue weighted by Crippen LogP contribution is -2.57. The van der Waals surface area contributed by atoms with E-state index < -0.39 is 41.1 Å². The van der Waals surface area contributed by atoms with E-state index in [0.717, 1.165) is 97.6 Å². The largest absolute Gasteiger partial charge is 0.496 e. The quantitative estimate of drug-likeness (QED) is 0.249. The lowest BCUT2D eigenvalue weighted by atomic mass is 9.85. The number of amides is 5. The molecule has 0 bridgehead atoms. The summed E-state index contributed by atoms with van der Waals surface area (Å²) in [6, 6.07) is 11.0. The van der Waals surface area contributed by atoms with Crippen LogP contribution in [0.5, 0.6) is 5.75 Å². The highest BCUT2D eigenvalue weighted by Crippen LogP contribution is 2.37. The SMILES string of the molecule is COc1cc2nn(C3CCC(CN4CCN(c5ccc6c(c5)C(=O)N(C5CCC(=O)N(c7cccn(C8CC8)c7=O)C5=O)C6=O)CC4)CC3)cc2cc1C(N)=O. The van der Waals surface area contributed by atoms with Gasteiger partial charge in [0.25, 0.3) is 29.2 Å². The fourth-order valence-corrected chi connectivity index (χ4v) is 9.06. The number of nitrogens with two attached hydrogens (primary N) is 1. The molecule has 5 heterocycles. The second-order valence-electron chi connectivity index (χ2n) is 15.7. The summed E-state index contributed by atoms with van der Waals surface area (Å²) in [5.74, 6) is -1.90. The number of rotatable bonds is 9. The van der Waals surface area contributed by atoms with Gasteiger partial charge in [0.2, 0.25) is 5.91 Å². The van der Waals surface area contributed by atoms with Gasteiger partial charge in [0.1, 0.15) is 17.5 Å². The molecule has 5 amide bonds. The third-order valence-corrected chi connectivity index (χ3v) is 12.3. The van der Waals surface area contributed by atoms with Gasteiger partial charge in [0.05, 0.1) is 35.4 Å². The van der Waals surface area contributed by atoms with Crippen molar-refractivity contribution in [2.24, 2.45) is 11.7 Å². The molecule has 4 aromatic rings. The first-order valence-corrected chi connectivity index (χ1v) is 19.5. The molecule has 1 unspecified atom stereocenters. The second-order valence-corrected chi connectivity index (χ2v) is 15.7. The number of fused-ring (bicyclic) bond motifs is 2. The molecular formula is C41H44N8O7. The summed E-state index contributed by atoms with van der Waals surface area (Å²) in [5.41, 5.74) is 7.52. The van der Waals surface area contributed by atoms with Crippen LogP contribution in [0.15, 0.2) is 59.7 Å². The molecule has 2 aromatic heterocycles. The van der Waals surface area contributed by atoms with Gasteiger partial charge in [-0.25, -0.2) is 4.90 Å². The smallest absolute Gasteiger partial charge is 0.275 e. The number of anilines is 2. The van der Waals surface area contributed by atoms with E-state index in [4.69, 9.17) is 15.6 Å². The Morgan fingerprint density at radius 1 is 0.857 bits per heavy atom. The lowest BCUT2D eigenvalue weighted by Gasteiger charge is -2.39. The number of hydrogen-bond donors (Lipinski definition) is 1. The van der Waals surface area contributed by atoms with Crippen LogP contribution >= 0.6 is 0 Å². The van der Waals surface area contributed by atoms with Crippen molar-refractivity contribution in [2.75, 3.05) is 49.6 Å². The van der Waals surface area contributed by atoms with E-state index in [1.165, 1.54) is 13.2 Å². The molecule has 0 radical (unpaired) electrons. The standard InChI is InChI=1S/C41H44N8O7/c1-56-35-21-32-25(19-31(35)37(42)51)23-47(43-32)27-6-4-24(5-7-27)22-44-15-17-45(18-16-44)28-10-11-29-30(20-28)39(53)49(38(29)52)34-12-13-36(50)48(41(34)55)33-3-2-14-46(40(33)54)26-8-9-26/h2-3,10-11,14,19-21,23-24,26-27,34H,4-9,12-13,15-18,22H2,1H3,(H2,42,51). The first-order chi connectivity index (χ1) is 27.1. The summed E-state index contributed by atoms with van der Waals surface area (Å²) in [7, 11) is 1.52. The van der Waals surface area contributed by atoms with E-state index in [-0.39, 0.29) is 41.7 Å². The van der Waals surface area contributed by atoms with Gasteiger partial charge in [-0.15, -0.1) is 0 Å². The van der Waals surface area contributed by atoms with Crippen molar-refractivity contribution < 1.29 is 28.7 Å². The molecule has 0 spiro atoms. The summed E-state index contributed by atoms with van der Waals surface area (Å²) >= 11 is 0. The maximum atomic E-state index is 13.9. The number of ether oxygens (including phenoxy) is 1. The van der Waals surface area contributed by atoms with Gasteiger partial charge in [-0.3, -0.25) is 43.2 Å². The first-order valence-electron chi connectivity index (χ1n) is 19.5. The molecule has 2 saturated carbocycles. The molecule has 2 saturated heterocycles. The molecule has 4 fully saturated rings. The van der Waals surface area contributed by atoms with E-state index in [1.807, 2.05) is 16.9 Å². The summed E-state index contributed by atoms with van der Waals surface area (Å²) in [4.78, 5) is 86.1. The molecule has 290 valence electrons. The van der Waals surface area contributed by atoms with Crippen molar-refractivity contribution in [2.45, 2.75) is 69.5 Å². The zero-order chi connectivity index (χ0) is 38.8. The number of piperidine rings is 1. The summed E-state index contributed by atoms with van der Waals surface area (Å²) in [6.07, 6.45) is 9.52. The molecule has 56 heavy (non-hydrogen) atoms.